The molecule has 2 rings (SSSR count). The van der Waals surface area contributed by atoms with Gasteiger partial charge < -0.3 is 5.11 Å². The third kappa shape index (κ3) is 2.85. The summed E-state index contributed by atoms with van der Waals surface area (Å²) >= 11 is 1.26. The first-order valence-electron chi connectivity index (χ1n) is 4.95. The Kier molecular flexibility index (Phi) is 3.43. The van der Waals surface area contributed by atoms with Crippen molar-refractivity contribution in [3.8, 4) is 0 Å². The van der Waals surface area contributed by atoms with Crippen LogP contribution in [0.3, 0.4) is 0 Å². The maximum absolute atomic E-state index is 11.5. The van der Waals surface area contributed by atoms with Crippen LogP contribution in [0.25, 0.3) is 0 Å². The van der Waals surface area contributed by atoms with Crippen molar-refractivity contribution in [1.29, 1.82) is 0 Å². The normalized spacial score (nSPS) is 17.8. The summed E-state index contributed by atoms with van der Waals surface area (Å²) in [7, 11) is 0. The Morgan fingerprint density at radius 3 is 2.76 bits per heavy atom. The molecular weight excluding hydrogens is 240 g/mol. The molecule has 5 nitrogen and oxygen atoms in total. The lowest BCUT2D eigenvalue weighted by Gasteiger charge is -2.12. The summed E-state index contributed by atoms with van der Waals surface area (Å²) in [6, 6.07) is 9.14. The van der Waals surface area contributed by atoms with Gasteiger partial charge in [0.05, 0.1) is 11.4 Å². The number of hydrogen-bond acceptors (Lipinski definition) is 4. The number of hydrogen-bond donors (Lipinski definition) is 1. The Bertz CT molecular complexity index is 473. The van der Waals surface area contributed by atoms with E-state index in [1.54, 1.807) is 12.1 Å². The first kappa shape index (κ1) is 11.7. The number of aliphatic imine (C=N–C) groups is 1. The molecule has 0 bridgehead atoms. The van der Waals surface area contributed by atoms with Crippen molar-refractivity contribution in [1.82, 2.24) is 4.90 Å². The van der Waals surface area contributed by atoms with Crippen LogP contribution in [0.5, 0.6) is 0 Å². The fraction of sp³-hybridized carbons (Fsp3) is 0.182. The Morgan fingerprint density at radius 2 is 2.12 bits per heavy atom. The molecule has 1 amide bonds. The molecule has 0 aromatic heterocycles. The second-order valence-corrected chi connectivity index (χ2v) is 4.33. The number of rotatable bonds is 3. The van der Waals surface area contributed by atoms with Gasteiger partial charge in [0.2, 0.25) is 5.91 Å². The summed E-state index contributed by atoms with van der Waals surface area (Å²) in [6.07, 6.45) is 0. The lowest BCUT2D eigenvalue weighted by atomic mass is 10.3. The van der Waals surface area contributed by atoms with Crippen molar-refractivity contribution in [3.63, 3.8) is 0 Å². The van der Waals surface area contributed by atoms with Gasteiger partial charge >= 0.3 is 5.97 Å². The number of thioether (sulfide) groups is 1. The molecule has 88 valence electrons. The minimum absolute atomic E-state index is 0.216. The predicted molar refractivity (Wildman–Crippen MR) is 65.3 cm³/mol. The molecule has 1 aliphatic heterocycles. The number of carboxylic acids is 1. The van der Waals surface area contributed by atoms with E-state index in [9.17, 15) is 9.59 Å². The molecule has 1 fully saturated rings. The van der Waals surface area contributed by atoms with Crippen LogP contribution in [0.2, 0.25) is 0 Å². The highest BCUT2D eigenvalue weighted by atomic mass is 32.2. The summed E-state index contributed by atoms with van der Waals surface area (Å²) in [5.41, 5.74) is 0.708. The van der Waals surface area contributed by atoms with Crippen LogP contribution < -0.4 is 0 Å². The Hall–Kier alpha value is -1.82. The van der Waals surface area contributed by atoms with E-state index in [1.807, 2.05) is 18.2 Å². The molecule has 0 aliphatic carbocycles. The smallest absolute Gasteiger partial charge is 0.323 e. The molecule has 0 spiro atoms. The van der Waals surface area contributed by atoms with Crippen molar-refractivity contribution in [3.05, 3.63) is 30.3 Å². The molecule has 1 saturated heterocycles. The number of aliphatic carboxylic acids is 1. The number of carbonyl (C=O) groups excluding carboxylic acids is 1. The highest BCUT2D eigenvalue weighted by Gasteiger charge is 2.29. The van der Waals surface area contributed by atoms with Gasteiger partial charge in [-0.2, -0.15) is 0 Å². The van der Waals surface area contributed by atoms with Crippen molar-refractivity contribution in [2.24, 2.45) is 4.99 Å². The van der Waals surface area contributed by atoms with Crippen LogP contribution in [0.15, 0.2) is 35.3 Å². The second-order valence-electron chi connectivity index (χ2n) is 3.39. The van der Waals surface area contributed by atoms with E-state index in [0.717, 1.165) is 0 Å². The molecule has 17 heavy (non-hydrogen) atoms. The average Bonchev–Trinajstić information content (AvgIpc) is 2.62. The van der Waals surface area contributed by atoms with Gasteiger partial charge in [0, 0.05) is 0 Å². The molecule has 1 heterocycles. The SMILES string of the molecule is O=C(O)CN1C(=O)CSC1=Nc1ccccc1. The van der Waals surface area contributed by atoms with E-state index in [-0.39, 0.29) is 18.2 Å². The fourth-order valence-corrected chi connectivity index (χ4v) is 2.29. The molecule has 0 saturated carbocycles. The van der Waals surface area contributed by atoms with Crippen LogP contribution in [-0.4, -0.2) is 39.3 Å². The monoisotopic (exact) mass is 250 g/mol. The van der Waals surface area contributed by atoms with E-state index in [2.05, 4.69) is 4.99 Å². The first-order chi connectivity index (χ1) is 8.16. The van der Waals surface area contributed by atoms with Crippen LogP contribution in [-0.2, 0) is 9.59 Å². The lowest BCUT2D eigenvalue weighted by molar-refractivity contribution is -0.140. The number of amides is 1. The number of carbonyl (C=O) groups is 2. The van der Waals surface area contributed by atoms with Gasteiger partial charge in [-0.15, -0.1) is 0 Å². The highest BCUT2D eigenvalue weighted by molar-refractivity contribution is 8.15. The van der Waals surface area contributed by atoms with Crippen LogP contribution in [0, 0.1) is 0 Å². The number of carboxylic acid groups (broad SMARTS) is 1. The van der Waals surface area contributed by atoms with Gasteiger partial charge in [0.1, 0.15) is 6.54 Å². The Labute approximate surface area is 102 Å². The maximum Gasteiger partial charge on any atom is 0.323 e. The van der Waals surface area contributed by atoms with Gasteiger partial charge in [0.15, 0.2) is 5.17 Å². The zero-order chi connectivity index (χ0) is 12.3. The summed E-state index contributed by atoms with van der Waals surface area (Å²) < 4.78 is 0. The van der Waals surface area contributed by atoms with E-state index < -0.39 is 5.97 Å². The molecule has 6 heteroatoms. The molecule has 1 aliphatic rings. The summed E-state index contributed by atoms with van der Waals surface area (Å²) in [4.78, 5) is 27.6. The quantitative estimate of drug-likeness (QED) is 0.878. The van der Waals surface area contributed by atoms with Gasteiger partial charge in [-0.25, -0.2) is 4.99 Å². The van der Waals surface area contributed by atoms with E-state index >= 15 is 0 Å². The second kappa shape index (κ2) is 5.01. The molecule has 1 aromatic rings. The molecule has 0 atom stereocenters. The topological polar surface area (TPSA) is 70.0 Å². The number of para-hydroxylation sites is 1. The van der Waals surface area contributed by atoms with Crippen molar-refractivity contribution < 1.29 is 14.7 Å². The maximum atomic E-state index is 11.5. The summed E-state index contributed by atoms with van der Waals surface area (Å²) in [5, 5.41) is 9.17. The van der Waals surface area contributed by atoms with E-state index in [1.165, 1.54) is 16.7 Å². The van der Waals surface area contributed by atoms with E-state index in [0.29, 0.717) is 10.9 Å². The first-order valence-corrected chi connectivity index (χ1v) is 5.94. The number of nitrogens with zero attached hydrogens (tertiary/aromatic N) is 2. The van der Waals surface area contributed by atoms with Gasteiger partial charge in [-0.05, 0) is 12.1 Å². The van der Waals surface area contributed by atoms with E-state index in [4.69, 9.17) is 5.11 Å². The number of amidine groups is 1. The van der Waals surface area contributed by atoms with Crippen LogP contribution in [0.1, 0.15) is 0 Å². The van der Waals surface area contributed by atoms with Crippen molar-refractivity contribution in [2.75, 3.05) is 12.3 Å². The van der Waals surface area contributed by atoms with Gasteiger partial charge in [0.25, 0.3) is 0 Å². The van der Waals surface area contributed by atoms with Gasteiger partial charge in [-0.3, -0.25) is 14.5 Å². The van der Waals surface area contributed by atoms with Crippen molar-refractivity contribution >= 4 is 34.5 Å². The minimum atomic E-state index is -1.04. The fourth-order valence-electron chi connectivity index (χ4n) is 1.39. The molecule has 1 aromatic carbocycles. The third-order valence-corrected chi connectivity index (χ3v) is 3.09. The van der Waals surface area contributed by atoms with Crippen molar-refractivity contribution in [2.45, 2.75) is 0 Å². The third-order valence-electron chi connectivity index (χ3n) is 2.13. The average molecular weight is 250 g/mol. The Morgan fingerprint density at radius 1 is 1.41 bits per heavy atom. The zero-order valence-electron chi connectivity index (χ0n) is 8.87. The molecule has 0 radical (unpaired) electrons. The van der Waals surface area contributed by atoms with Crippen LogP contribution >= 0.6 is 11.8 Å². The highest BCUT2D eigenvalue weighted by Crippen LogP contribution is 2.23. The lowest BCUT2D eigenvalue weighted by Crippen LogP contribution is -2.34. The molecular formula is C11H10N2O3S. The Balaban J connectivity index is 2.22. The van der Waals surface area contributed by atoms with Crippen LogP contribution in [0.4, 0.5) is 5.69 Å². The molecule has 1 N–H and O–H groups in total. The zero-order valence-corrected chi connectivity index (χ0v) is 9.68. The molecule has 0 unspecified atom stereocenters. The summed E-state index contributed by atoms with van der Waals surface area (Å²) in [6.45, 7) is -0.336. The van der Waals surface area contributed by atoms with Gasteiger partial charge in [-0.1, -0.05) is 30.0 Å². The predicted octanol–water partition coefficient (Wildman–Crippen LogP) is 1.33. The standard InChI is InChI=1S/C11H10N2O3S/c14-9-7-17-11(13(9)6-10(15)16)12-8-4-2-1-3-5-8/h1-5H,6-7H2,(H,15,16). The minimum Gasteiger partial charge on any atom is -0.480 e. The summed E-state index contributed by atoms with van der Waals surface area (Å²) in [5.74, 6) is -1.01. The number of benzene rings is 1. The largest absolute Gasteiger partial charge is 0.480 e.